The highest BCUT2D eigenvalue weighted by Gasteiger charge is 2.38. The maximum atomic E-state index is 13.2. The van der Waals surface area contributed by atoms with Gasteiger partial charge in [-0.05, 0) is 64.4 Å². The summed E-state index contributed by atoms with van der Waals surface area (Å²) in [7, 11) is -3.47. The fraction of sp³-hybridized carbons (Fsp3) is 0.727. The Morgan fingerprint density at radius 2 is 1.97 bits per heavy atom. The minimum Gasteiger partial charge on any atom is -0.467 e. The molecule has 178 valence electrons. The number of piperidine rings is 1. The molecule has 4 heterocycles. The quantitative estimate of drug-likeness (QED) is 0.707. The lowest BCUT2D eigenvalue weighted by atomic mass is 9.83. The summed E-state index contributed by atoms with van der Waals surface area (Å²) in [5.41, 5.74) is 0.945. The normalized spacial score (nSPS) is 29.4. The lowest BCUT2D eigenvalue weighted by Gasteiger charge is -2.42. The van der Waals surface area contributed by atoms with Crippen LogP contribution in [0.2, 0.25) is 5.02 Å². The summed E-state index contributed by atoms with van der Waals surface area (Å²) in [6, 6.07) is 1.13. The number of nitrogens with one attached hydrogen (secondary N) is 1. The predicted molar refractivity (Wildman–Crippen MR) is 121 cm³/mol. The van der Waals surface area contributed by atoms with Crippen molar-refractivity contribution in [1.82, 2.24) is 14.6 Å². The molecule has 0 aromatic carbocycles. The number of amides is 1. The van der Waals surface area contributed by atoms with Crippen LogP contribution in [-0.2, 0) is 19.6 Å². The van der Waals surface area contributed by atoms with Crippen LogP contribution >= 0.6 is 11.6 Å². The topological polar surface area (TPSA) is 97.8 Å². The molecule has 5 rings (SSSR count). The van der Waals surface area contributed by atoms with E-state index in [1.807, 2.05) is 6.07 Å². The van der Waals surface area contributed by atoms with E-state index >= 15 is 0 Å². The Balaban J connectivity index is 1.61. The van der Waals surface area contributed by atoms with Crippen LogP contribution in [-0.4, -0.2) is 67.4 Å². The van der Waals surface area contributed by atoms with E-state index in [0.29, 0.717) is 36.9 Å². The average Bonchev–Trinajstić information content (AvgIpc) is 2.78. The molecule has 1 N–H and O–H groups in total. The molecule has 2 atom stereocenters. The Labute approximate surface area is 195 Å². The summed E-state index contributed by atoms with van der Waals surface area (Å²) < 4.78 is 40.1. The van der Waals surface area contributed by atoms with Crippen molar-refractivity contribution in [3.05, 3.63) is 22.8 Å². The molecular weight excluding hydrogens is 454 g/mol. The molecule has 0 radical (unpaired) electrons. The van der Waals surface area contributed by atoms with Crippen LogP contribution < -0.4 is 9.46 Å². The number of nitrogens with zero attached hydrogens (tertiary/aromatic N) is 2. The number of carbonyl (C=O) groups excluding carboxylic acids is 1. The van der Waals surface area contributed by atoms with Crippen LogP contribution in [0.25, 0.3) is 0 Å². The highest BCUT2D eigenvalue weighted by Crippen LogP contribution is 2.39. The summed E-state index contributed by atoms with van der Waals surface area (Å²) >= 11 is 6.20. The maximum Gasteiger partial charge on any atom is 0.260 e. The second-order valence-electron chi connectivity index (χ2n) is 9.26. The molecule has 10 heteroatoms. The first-order chi connectivity index (χ1) is 15.2. The zero-order chi connectivity index (χ0) is 22.9. The predicted octanol–water partition coefficient (Wildman–Crippen LogP) is 2.86. The largest absolute Gasteiger partial charge is 0.467 e. The van der Waals surface area contributed by atoms with Crippen molar-refractivity contribution >= 4 is 27.5 Å². The molecule has 1 aliphatic carbocycles. The highest BCUT2D eigenvalue weighted by molar-refractivity contribution is 7.90. The monoisotopic (exact) mass is 485 g/mol. The molecule has 2 fully saturated rings. The zero-order valence-electron chi connectivity index (χ0n) is 18.6. The molecule has 8 nitrogen and oxygen atoms in total. The standard InChI is InChI=1S/C22H32ClN3O5S/c1-14(2)32(28,29)25-19-4-3-9-26-20(19)12-30-17-7-5-15(6-8-17)18-10-16(23)11-24-22(18)31-13-21(26)27/h10-11,14-15,17,19-20,25H,3-9,12-13H2,1-2H3/t15?,17?,19-,20?/m0/s1. The van der Waals surface area contributed by atoms with Crippen LogP contribution in [0.4, 0.5) is 0 Å². The van der Waals surface area contributed by atoms with E-state index in [0.717, 1.165) is 31.2 Å². The average molecular weight is 486 g/mol. The second-order valence-corrected chi connectivity index (χ2v) is 12.0. The first-order valence-corrected chi connectivity index (χ1v) is 13.4. The van der Waals surface area contributed by atoms with Crippen molar-refractivity contribution in [2.45, 2.75) is 81.7 Å². The molecule has 2 bridgehead atoms. The second kappa shape index (κ2) is 9.83. The number of rotatable bonds is 3. The van der Waals surface area contributed by atoms with E-state index in [4.69, 9.17) is 21.1 Å². The number of pyridine rings is 1. The highest BCUT2D eigenvalue weighted by atomic mass is 35.5. The van der Waals surface area contributed by atoms with Crippen LogP contribution in [0.1, 0.15) is 63.9 Å². The zero-order valence-corrected chi connectivity index (χ0v) is 20.2. The number of hydrogen-bond donors (Lipinski definition) is 1. The van der Waals surface area contributed by atoms with Gasteiger partial charge in [-0.2, -0.15) is 0 Å². The Kier molecular flexibility index (Phi) is 7.29. The summed E-state index contributed by atoms with van der Waals surface area (Å²) in [5, 5.41) is 0.00926. The van der Waals surface area contributed by atoms with Gasteiger partial charge in [0.15, 0.2) is 6.61 Å². The molecule has 1 aromatic rings. The minimum atomic E-state index is -3.47. The molecule has 4 aliphatic rings. The molecule has 1 saturated heterocycles. The third-order valence-corrected chi connectivity index (χ3v) is 8.91. The third-order valence-electron chi connectivity index (χ3n) is 6.83. The number of halogens is 1. The van der Waals surface area contributed by atoms with E-state index in [-0.39, 0.29) is 36.6 Å². The van der Waals surface area contributed by atoms with Gasteiger partial charge in [0.25, 0.3) is 5.91 Å². The number of ether oxygens (including phenoxy) is 2. The first-order valence-electron chi connectivity index (χ1n) is 11.4. The Bertz CT molecular complexity index is 933. The van der Waals surface area contributed by atoms with Crippen molar-refractivity contribution in [2.24, 2.45) is 0 Å². The molecule has 1 amide bonds. The molecule has 1 unspecified atom stereocenters. The van der Waals surface area contributed by atoms with Gasteiger partial charge < -0.3 is 14.4 Å². The smallest absolute Gasteiger partial charge is 0.260 e. The molecule has 3 aliphatic heterocycles. The SMILES string of the molecule is CC(C)S(=O)(=O)N[C@H]1CCCN2C(=O)COc3ncc(Cl)cc3C3CCC(CC3)OCC12. The van der Waals surface area contributed by atoms with Gasteiger partial charge in [0.1, 0.15) is 0 Å². The van der Waals surface area contributed by atoms with Gasteiger partial charge in [-0.25, -0.2) is 18.1 Å². The van der Waals surface area contributed by atoms with Gasteiger partial charge in [-0.1, -0.05) is 11.6 Å². The Morgan fingerprint density at radius 3 is 2.69 bits per heavy atom. The Hall–Kier alpha value is -1.42. The van der Waals surface area contributed by atoms with Gasteiger partial charge in [0.05, 0.1) is 29.0 Å². The van der Waals surface area contributed by atoms with Crippen LogP contribution in [0.15, 0.2) is 12.3 Å². The van der Waals surface area contributed by atoms with Gasteiger partial charge in [0.2, 0.25) is 15.9 Å². The van der Waals surface area contributed by atoms with E-state index in [1.165, 1.54) is 6.20 Å². The van der Waals surface area contributed by atoms with E-state index in [1.54, 1.807) is 18.7 Å². The molecular formula is C22H32ClN3O5S. The number of sulfonamides is 1. The first kappa shape index (κ1) is 23.7. The Morgan fingerprint density at radius 1 is 1.22 bits per heavy atom. The molecule has 1 saturated carbocycles. The summed E-state index contributed by atoms with van der Waals surface area (Å²) in [6.45, 7) is 4.00. The van der Waals surface area contributed by atoms with Gasteiger partial charge in [-0.15, -0.1) is 0 Å². The van der Waals surface area contributed by atoms with Crippen LogP contribution in [0, 0.1) is 0 Å². The number of hydrogen-bond acceptors (Lipinski definition) is 6. The van der Waals surface area contributed by atoms with Gasteiger partial charge in [0, 0.05) is 24.3 Å². The van der Waals surface area contributed by atoms with Crippen LogP contribution in [0.5, 0.6) is 5.88 Å². The van der Waals surface area contributed by atoms with Gasteiger partial charge in [-0.3, -0.25) is 4.79 Å². The van der Waals surface area contributed by atoms with Crippen molar-refractivity contribution < 1.29 is 22.7 Å². The number of fused-ring (bicyclic) bond motifs is 5. The summed E-state index contributed by atoms with van der Waals surface area (Å²) in [4.78, 5) is 19.2. The number of aromatic nitrogens is 1. The molecule has 1 aromatic heterocycles. The van der Waals surface area contributed by atoms with E-state index in [2.05, 4.69) is 9.71 Å². The van der Waals surface area contributed by atoms with Crippen LogP contribution in [0.3, 0.4) is 0 Å². The van der Waals surface area contributed by atoms with Crippen molar-refractivity contribution in [3.8, 4) is 5.88 Å². The molecule has 0 spiro atoms. The fourth-order valence-electron chi connectivity index (χ4n) is 4.90. The lowest BCUT2D eigenvalue weighted by Crippen LogP contribution is -2.60. The maximum absolute atomic E-state index is 13.2. The number of carbonyl (C=O) groups is 1. The summed E-state index contributed by atoms with van der Waals surface area (Å²) in [5.74, 6) is 0.526. The van der Waals surface area contributed by atoms with Crippen molar-refractivity contribution in [1.29, 1.82) is 0 Å². The molecule has 32 heavy (non-hydrogen) atoms. The van der Waals surface area contributed by atoms with Crippen molar-refractivity contribution in [2.75, 3.05) is 19.8 Å². The third kappa shape index (κ3) is 5.21. The van der Waals surface area contributed by atoms with Crippen molar-refractivity contribution in [3.63, 3.8) is 0 Å². The minimum absolute atomic E-state index is 0.0877. The van der Waals surface area contributed by atoms with E-state index in [9.17, 15) is 13.2 Å². The summed E-state index contributed by atoms with van der Waals surface area (Å²) in [6.07, 6.45) is 6.63. The fourth-order valence-corrected chi connectivity index (χ4v) is 6.04. The van der Waals surface area contributed by atoms with Gasteiger partial charge >= 0.3 is 0 Å². The van der Waals surface area contributed by atoms with E-state index < -0.39 is 15.3 Å². The lowest BCUT2D eigenvalue weighted by molar-refractivity contribution is -0.140.